The van der Waals surface area contributed by atoms with E-state index in [2.05, 4.69) is 29.2 Å². The SMILES string of the molecule is CCC1CCC(CN)(N(C)Cc2cscn2)CC1. The molecule has 1 aromatic heterocycles. The first-order chi connectivity index (χ1) is 8.70. The summed E-state index contributed by atoms with van der Waals surface area (Å²) in [4.78, 5) is 6.82. The van der Waals surface area contributed by atoms with Crippen molar-refractivity contribution in [2.45, 2.75) is 51.1 Å². The molecule has 0 spiro atoms. The highest BCUT2D eigenvalue weighted by atomic mass is 32.1. The highest BCUT2D eigenvalue weighted by Gasteiger charge is 2.37. The standard InChI is InChI=1S/C14H25N3S/c1-3-12-4-6-14(10-15,7-5-12)17(2)8-13-9-18-11-16-13/h9,11-12H,3-8,10,15H2,1-2H3. The molecule has 0 amide bonds. The number of aromatic nitrogens is 1. The van der Waals surface area contributed by atoms with Crippen molar-refractivity contribution >= 4 is 11.3 Å². The number of nitrogens with zero attached hydrogens (tertiary/aromatic N) is 2. The first-order valence-corrected chi connectivity index (χ1v) is 7.93. The molecule has 0 unspecified atom stereocenters. The van der Waals surface area contributed by atoms with Crippen LogP contribution in [-0.4, -0.2) is 29.0 Å². The maximum atomic E-state index is 6.10. The number of likely N-dealkylation sites (N-methyl/N-ethyl adjacent to an activating group) is 1. The maximum Gasteiger partial charge on any atom is 0.0795 e. The number of hydrogen-bond donors (Lipinski definition) is 1. The van der Waals surface area contributed by atoms with Gasteiger partial charge in [-0.3, -0.25) is 4.90 Å². The minimum absolute atomic E-state index is 0.204. The van der Waals surface area contributed by atoms with Crippen LogP contribution in [0.25, 0.3) is 0 Å². The molecule has 102 valence electrons. The molecule has 0 aromatic carbocycles. The predicted molar refractivity (Wildman–Crippen MR) is 77.6 cm³/mol. The van der Waals surface area contributed by atoms with Gasteiger partial charge in [-0.2, -0.15) is 0 Å². The summed E-state index contributed by atoms with van der Waals surface area (Å²) in [6, 6.07) is 0. The van der Waals surface area contributed by atoms with E-state index in [9.17, 15) is 0 Å². The van der Waals surface area contributed by atoms with Gasteiger partial charge in [-0.05, 0) is 38.6 Å². The van der Waals surface area contributed by atoms with Gasteiger partial charge in [0.15, 0.2) is 0 Å². The quantitative estimate of drug-likeness (QED) is 0.892. The average Bonchev–Trinajstić information content (AvgIpc) is 2.91. The van der Waals surface area contributed by atoms with Crippen molar-refractivity contribution in [1.82, 2.24) is 9.88 Å². The Morgan fingerprint density at radius 3 is 2.72 bits per heavy atom. The van der Waals surface area contributed by atoms with E-state index in [-0.39, 0.29) is 5.54 Å². The Morgan fingerprint density at radius 2 is 2.22 bits per heavy atom. The van der Waals surface area contributed by atoms with E-state index in [1.54, 1.807) is 11.3 Å². The third-order valence-corrected chi connectivity index (χ3v) is 5.32. The minimum atomic E-state index is 0.204. The lowest BCUT2D eigenvalue weighted by molar-refractivity contribution is 0.0571. The van der Waals surface area contributed by atoms with Crippen LogP contribution in [0.2, 0.25) is 0 Å². The highest BCUT2D eigenvalue weighted by Crippen LogP contribution is 2.37. The van der Waals surface area contributed by atoms with Gasteiger partial charge in [-0.1, -0.05) is 13.3 Å². The zero-order valence-electron chi connectivity index (χ0n) is 11.6. The molecule has 2 rings (SSSR count). The molecule has 0 bridgehead atoms. The second kappa shape index (κ2) is 6.13. The van der Waals surface area contributed by atoms with E-state index in [0.29, 0.717) is 0 Å². The molecule has 2 N–H and O–H groups in total. The van der Waals surface area contributed by atoms with Crippen LogP contribution in [0.15, 0.2) is 10.9 Å². The lowest BCUT2D eigenvalue weighted by Crippen LogP contribution is -2.53. The Hall–Kier alpha value is -0.450. The van der Waals surface area contributed by atoms with Gasteiger partial charge in [0.2, 0.25) is 0 Å². The zero-order chi connectivity index (χ0) is 13.0. The number of hydrogen-bond acceptors (Lipinski definition) is 4. The largest absolute Gasteiger partial charge is 0.329 e. The summed E-state index contributed by atoms with van der Waals surface area (Å²) in [5.41, 5.74) is 9.38. The molecule has 0 atom stereocenters. The van der Waals surface area contributed by atoms with E-state index < -0.39 is 0 Å². The number of nitrogens with two attached hydrogens (primary N) is 1. The van der Waals surface area contributed by atoms with Crippen molar-refractivity contribution in [1.29, 1.82) is 0 Å². The number of thiazole rings is 1. The van der Waals surface area contributed by atoms with Crippen molar-refractivity contribution in [2.75, 3.05) is 13.6 Å². The highest BCUT2D eigenvalue weighted by molar-refractivity contribution is 7.07. The van der Waals surface area contributed by atoms with Crippen LogP contribution in [0.3, 0.4) is 0 Å². The summed E-state index contributed by atoms with van der Waals surface area (Å²) in [6.07, 6.45) is 6.45. The molecular weight excluding hydrogens is 242 g/mol. The van der Waals surface area contributed by atoms with Crippen LogP contribution in [0.5, 0.6) is 0 Å². The van der Waals surface area contributed by atoms with Crippen LogP contribution < -0.4 is 5.73 Å². The summed E-state index contributed by atoms with van der Waals surface area (Å²) < 4.78 is 0. The van der Waals surface area contributed by atoms with Crippen LogP contribution in [-0.2, 0) is 6.54 Å². The molecule has 1 aliphatic rings. The van der Waals surface area contributed by atoms with Gasteiger partial charge in [-0.15, -0.1) is 11.3 Å². The summed E-state index contributed by atoms with van der Waals surface area (Å²) >= 11 is 1.67. The van der Waals surface area contributed by atoms with Crippen LogP contribution in [0.1, 0.15) is 44.7 Å². The lowest BCUT2D eigenvalue weighted by atomic mass is 9.74. The fraction of sp³-hybridized carbons (Fsp3) is 0.786. The van der Waals surface area contributed by atoms with Gasteiger partial charge in [0.05, 0.1) is 11.2 Å². The smallest absolute Gasteiger partial charge is 0.0795 e. The van der Waals surface area contributed by atoms with E-state index in [1.165, 1.54) is 37.8 Å². The van der Waals surface area contributed by atoms with Crippen molar-refractivity contribution < 1.29 is 0 Å². The van der Waals surface area contributed by atoms with E-state index in [4.69, 9.17) is 5.73 Å². The van der Waals surface area contributed by atoms with Gasteiger partial charge < -0.3 is 5.73 Å². The van der Waals surface area contributed by atoms with E-state index in [1.807, 2.05) is 5.51 Å². The topological polar surface area (TPSA) is 42.1 Å². The van der Waals surface area contributed by atoms with Gasteiger partial charge >= 0.3 is 0 Å². The van der Waals surface area contributed by atoms with E-state index in [0.717, 1.165) is 19.0 Å². The molecule has 0 radical (unpaired) electrons. The average molecular weight is 267 g/mol. The van der Waals surface area contributed by atoms with Crippen LogP contribution in [0.4, 0.5) is 0 Å². The van der Waals surface area contributed by atoms with Gasteiger partial charge in [-0.25, -0.2) is 4.98 Å². The minimum Gasteiger partial charge on any atom is -0.329 e. The molecule has 0 aliphatic heterocycles. The molecule has 1 saturated carbocycles. The third-order valence-electron chi connectivity index (χ3n) is 4.69. The monoisotopic (exact) mass is 267 g/mol. The number of rotatable bonds is 5. The second-order valence-electron chi connectivity index (χ2n) is 5.62. The summed E-state index contributed by atoms with van der Waals surface area (Å²) in [5.74, 6) is 0.914. The van der Waals surface area contributed by atoms with Crippen molar-refractivity contribution in [3.05, 3.63) is 16.6 Å². The molecule has 1 aromatic rings. The molecule has 1 fully saturated rings. The zero-order valence-corrected chi connectivity index (χ0v) is 12.4. The molecule has 3 nitrogen and oxygen atoms in total. The summed E-state index contributed by atoms with van der Waals surface area (Å²) in [5, 5.41) is 2.14. The van der Waals surface area contributed by atoms with Crippen molar-refractivity contribution in [3.63, 3.8) is 0 Å². The Balaban J connectivity index is 1.99. The van der Waals surface area contributed by atoms with Crippen molar-refractivity contribution in [2.24, 2.45) is 11.7 Å². The first-order valence-electron chi connectivity index (χ1n) is 6.98. The third kappa shape index (κ3) is 2.92. The molecule has 0 saturated heterocycles. The summed E-state index contributed by atoms with van der Waals surface area (Å²) in [7, 11) is 2.21. The fourth-order valence-electron chi connectivity index (χ4n) is 3.09. The predicted octanol–water partition coefficient (Wildman–Crippen LogP) is 2.87. The second-order valence-corrected chi connectivity index (χ2v) is 6.33. The van der Waals surface area contributed by atoms with E-state index >= 15 is 0 Å². The molecular formula is C14H25N3S. The Morgan fingerprint density at radius 1 is 1.50 bits per heavy atom. The van der Waals surface area contributed by atoms with Crippen LogP contribution >= 0.6 is 11.3 Å². The van der Waals surface area contributed by atoms with Gasteiger partial charge in [0.1, 0.15) is 0 Å². The normalized spacial score (nSPS) is 28.8. The molecule has 1 aliphatic carbocycles. The Kier molecular flexibility index (Phi) is 4.76. The van der Waals surface area contributed by atoms with Crippen LogP contribution in [0, 0.1) is 5.92 Å². The molecule has 18 heavy (non-hydrogen) atoms. The van der Waals surface area contributed by atoms with Crippen molar-refractivity contribution in [3.8, 4) is 0 Å². The Bertz CT molecular complexity index is 342. The maximum absolute atomic E-state index is 6.10. The first kappa shape index (κ1) is 14.0. The summed E-state index contributed by atoms with van der Waals surface area (Å²) in [6.45, 7) is 4.00. The fourth-order valence-corrected chi connectivity index (χ4v) is 3.64. The Labute approximate surface area is 114 Å². The van der Waals surface area contributed by atoms with Gasteiger partial charge in [0.25, 0.3) is 0 Å². The molecule has 1 heterocycles. The molecule has 4 heteroatoms. The lowest BCUT2D eigenvalue weighted by Gasteiger charge is -2.45. The van der Waals surface area contributed by atoms with Gasteiger partial charge in [0, 0.05) is 24.0 Å².